The molecule has 0 spiro atoms. The van der Waals surface area contributed by atoms with Crippen LogP contribution < -0.4 is 0 Å². The molecule has 0 bridgehead atoms. The number of aliphatic hydroxyl groups excluding tert-OH is 2. The highest BCUT2D eigenvalue weighted by Gasteiger charge is 2.39. The zero-order valence-corrected chi connectivity index (χ0v) is 8.94. The van der Waals surface area contributed by atoms with Gasteiger partial charge >= 0.3 is 0 Å². The summed E-state index contributed by atoms with van der Waals surface area (Å²) in [6, 6.07) is 0. The summed E-state index contributed by atoms with van der Waals surface area (Å²) in [5.74, 6) is -1.12. The average molecular weight is 223 g/mol. The standard InChI is InChI=1S/C10H19F2NO2/c1-2-3-4-13-5-7(10(11)12)9(15)8(14)6-13/h7-10,14-15H,2-6H2,1H3. The lowest BCUT2D eigenvalue weighted by Crippen LogP contribution is -2.54. The van der Waals surface area contributed by atoms with Crippen LogP contribution in [0.1, 0.15) is 19.8 Å². The van der Waals surface area contributed by atoms with Crippen molar-refractivity contribution in [3.05, 3.63) is 0 Å². The number of nitrogens with zero attached hydrogens (tertiary/aromatic N) is 1. The van der Waals surface area contributed by atoms with Gasteiger partial charge in [0.1, 0.15) is 0 Å². The van der Waals surface area contributed by atoms with Crippen LogP contribution in [0.25, 0.3) is 0 Å². The Labute approximate surface area is 88.7 Å². The van der Waals surface area contributed by atoms with Gasteiger partial charge in [-0.25, -0.2) is 8.78 Å². The molecule has 1 rings (SSSR count). The number of unbranched alkanes of at least 4 members (excludes halogenated alkanes) is 1. The monoisotopic (exact) mass is 223 g/mol. The summed E-state index contributed by atoms with van der Waals surface area (Å²) in [7, 11) is 0. The molecule has 0 amide bonds. The lowest BCUT2D eigenvalue weighted by atomic mass is 9.93. The van der Waals surface area contributed by atoms with Crippen LogP contribution in [0, 0.1) is 5.92 Å². The zero-order valence-electron chi connectivity index (χ0n) is 8.94. The van der Waals surface area contributed by atoms with Crippen LogP contribution in [0.5, 0.6) is 0 Å². The molecule has 0 aromatic carbocycles. The second-order valence-electron chi connectivity index (χ2n) is 4.17. The number of hydrogen-bond acceptors (Lipinski definition) is 3. The molecule has 90 valence electrons. The van der Waals surface area contributed by atoms with Crippen LogP contribution in [-0.4, -0.2) is 53.4 Å². The summed E-state index contributed by atoms with van der Waals surface area (Å²) in [6.45, 7) is 3.21. The van der Waals surface area contributed by atoms with Crippen molar-refractivity contribution in [3.8, 4) is 0 Å². The smallest absolute Gasteiger partial charge is 0.245 e. The molecular weight excluding hydrogens is 204 g/mol. The third-order valence-electron chi connectivity index (χ3n) is 2.90. The fraction of sp³-hybridized carbons (Fsp3) is 1.00. The van der Waals surface area contributed by atoms with Crippen molar-refractivity contribution < 1.29 is 19.0 Å². The van der Waals surface area contributed by atoms with E-state index in [1.807, 2.05) is 6.92 Å². The van der Waals surface area contributed by atoms with E-state index in [1.54, 1.807) is 4.90 Å². The lowest BCUT2D eigenvalue weighted by Gasteiger charge is -2.38. The summed E-state index contributed by atoms with van der Waals surface area (Å²) < 4.78 is 25.1. The molecular formula is C10H19F2NO2. The number of aliphatic hydroxyl groups is 2. The van der Waals surface area contributed by atoms with Crippen molar-refractivity contribution >= 4 is 0 Å². The van der Waals surface area contributed by atoms with Crippen molar-refractivity contribution in [3.63, 3.8) is 0 Å². The van der Waals surface area contributed by atoms with Gasteiger partial charge in [0.2, 0.25) is 6.43 Å². The summed E-state index contributed by atoms with van der Waals surface area (Å²) >= 11 is 0. The van der Waals surface area contributed by atoms with Crippen LogP contribution in [-0.2, 0) is 0 Å². The first-order valence-corrected chi connectivity index (χ1v) is 5.43. The van der Waals surface area contributed by atoms with Gasteiger partial charge in [-0.2, -0.15) is 0 Å². The number of piperidine rings is 1. The molecule has 0 radical (unpaired) electrons. The Morgan fingerprint density at radius 1 is 1.33 bits per heavy atom. The largest absolute Gasteiger partial charge is 0.390 e. The Kier molecular flexibility index (Phi) is 4.89. The summed E-state index contributed by atoms with van der Waals surface area (Å²) in [4.78, 5) is 1.80. The molecule has 5 heteroatoms. The molecule has 3 unspecified atom stereocenters. The Hall–Kier alpha value is -0.260. The molecule has 0 aromatic rings. The van der Waals surface area contributed by atoms with Gasteiger partial charge in [0, 0.05) is 13.1 Å². The van der Waals surface area contributed by atoms with E-state index in [9.17, 15) is 19.0 Å². The van der Waals surface area contributed by atoms with E-state index in [2.05, 4.69) is 0 Å². The molecule has 1 saturated heterocycles. The van der Waals surface area contributed by atoms with E-state index in [4.69, 9.17) is 0 Å². The first-order chi connectivity index (χ1) is 7.06. The molecule has 3 nitrogen and oxygen atoms in total. The molecule has 15 heavy (non-hydrogen) atoms. The van der Waals surface area contributed by atoms with Gasteiger partial charge < -0.3 is 15.1 Å². The fourth-order valence-corrected chi connectivity index (χ4v) is 1.93. The van der Waals surface area contributed by atoms with Gasteiger partial charge in [-0.1, -0.05) is 13.3 Å². The molecule has 1 aliphatic rings. The predicted molar refractivity (Wildman–Crippen MR) is 52.9 cm³/mol. The van der Waals surface area contributed by atoms with E-state index < -0.39 is 24.6 Å². The summed E-state index contributed by atoms with van der Waals surface area (Å²) in [5, 5.41) is 18.8. The highest BCUT2D eigenvalue weighted by molar-refractivity contribution is 4.87. The minimum atomic E-state index is -2.57. The molecule has 0 saturated carbocycles. The van der Waals surface area contributed by atoms with Crippen LogP contribution in [0.2, 0.25) is 0 Å². The molecule has 1 aliphatic heterocycles. The molecule has 0 aromatic heterocycles. The van der Waals surface area contributed by atoms with Crippen molar-refractivity contribution in [2.75, 3.05) is 19.6 Å². The second kappa shape index (κ2) is 5.72. The Bertz CT molecular complexity index is 192. The third-order valence-corrected chi connectivity index (χ3v) is 2.90. The first-order valence-electron chi connectivity index (χ1n) is 5.43. The maximum Gasteiger partial charge on any atom is 0.245 e. The van der Waals surface area contributed by atoms with Crippen molar-refractivity contribution in [1.82, 2.24) is 4.90 Å². The van der Waals surface area contributed by atoms with Gasteiger partial charge in [-0.15, -0.1) is 0 Å². The summed E-state index contributed by atoms with van der Waals surface area (Å²) in [6.07, 6.45) is -2.98. The van der Waals surface area contributed by atoms with E-state index in [0.29, 0.717) is 13.1 Å². The van der Waals surface area contributed by atoms with Crippen molar-refractivity contribution in [2.45, 2.75) is 38.4 Å². The summed E-state index contributed by atoms with van der Waals surface area (Å²) in [5.41, 5.74) is 0. The number of likely N-dealkylation sites (tertiary alicyclic amines) is 1. The second-order valence-corrected chi connectivity index (χ2v) is 4.17. The van der Waals surface area contributed by atoms with Gasteiger partial charge in [0.15, 0.2) is 0 Å². The topological polar surface area (TPSA) is 43.7 Å². The molecule has 3 atom stereocenters. The van der Waals surface area contributed by atoms with E-state index >= 15 is 0 Å². The lowest BCUT2D eigenvalue weighted by molar-refractivity contribution is -0.116. The maximum absolute atomic E-state index is 12.5. The Balaban J connectivity index is 2.50. The van der Waals surface area contributed by atoms with Gasteiger partial charge in [0.05, 0.1) is 18.1 Å². The third kappa shape index (κ3) is 3.36. The minimum absolute atomic E-state index is 0.176. The SMILES string of the molecule is CCCCN1CC(O)C(O)C(C(F)F)C1. The van der Waals surface area contributed by atoms with E-state index in [-0.39, 0.29) is 6.54 Å². The quantitative estimate of drug-likeness (QED) is 0.737. The van der Waals surface area contributed by atoms with Crippen molar-refractivity contribution in [1.29, 1.82) is 0 Å². The van der Waals surface area contributed by atoms with Crippen LogP contribution >= 0.6 is 0 Å². The van der Waals surface area contributed by atoms with Crippen LogP contribution in [0.15, 0.2) is 0 Å². The Morgan fingerprint density at radius 3 is 2.53 bits per heavy atom. The van der Waals surface area contributed by atoms with Gasteiger partial charge in [0.25, 0.3) is 0 Å². The number of hydrogen-bond donors (Lipinski definition) is 2. The van der Waals surface area contributed by atoms with Gasteiger partial charge in [-0.3, -0.25) is 0 Å². The molecule has 2 N–H and O–H groups in total. The zero-order chi connectivity index (χ0) is 11.4. The van der Waals surface area contributed by atoms with E-state index in [0.717, 1.165) is 12.8 Å². The van der Waals surface area contributed by atoms with E-state index in [1.165, 1.54) is 0 Å². The Morgan fingerprint density at radius 2 is 2.00 bits per heavy atom. The van der Waals surface area contributed by atoms with Crippen LogP contribution in [0.3, 0.4) is 0 Å². The highest BCUT2D eigenvalue weighted by atomic mass is 19.3. The van der Waals surface area contributed by atoms with Gasteiger partial charge in [-0.05, 0) is 13.0 Å². The molecule has 1 heterocycles. The fourth-order valence-electron chi connectivity index (χ4n) is 1.93. The normalized spacial score (nSPS) is 33.6. The maximum atomic E-state index is 12.5. The number of rotatable bonds is 4. The molecule has 0 aliphatic carbocycles. The average Bonchev–Trinajstić information content (AvgIpc) is 2.19. The predicted octanol–water partition coefficient (Wildman–Crippen LogP) is 0.705. The highest BCUT2D eigenvalue weighted by Crippen LogP contribution is 2.23. The van der Waals surface area contributed by atoms with Crippen molar-refractivity contribution in [2.24, 2.45) is 5.92 Å². The number of alkyl halides is 2. The molecule has 1 fully saturated rings. The number of halogens is 2. The number of β-amino-alcohol motifs (C(OH)–C–C–N with tert-alkyl or cyclic N) is 1. The first kappa shape index (κ1) is 12.8. The van der Waals surface area contributed by atoms with Crippen LogP contribution in [0.4, 0.5) is 8.78 Å². The minimum Gasteiger partial charge on any atom is -0.390 e.